The van der Waals surface area contributed by atoms with Crippen molar-refractivity contribution >= 4 is 22.6 Å². The highest BCUT2D eigenvalue weighted by Crippen LogP contribution is 2.26. The number of anilines is 1. The first-order chi connectivity index (χ1) is 10.1. The zero-order chi connectivity index (χ0) is 15.0. The maximum Gasteiger partial charge on any atom is 0.306 e. The Kier molecular flexibility index (Phi) is 3.41. The van der Waals surface area contributed by atoms with Crippen LogP contribution in [-0.2, 0) is 11.8 Å². The molecule has 1 aliphatic heterocycles. The number of carboxylic acid groups (broad SMARTS) is 1. The molecule has 21 heavy (non-hydrogen) atoms. The number of pyridine rings is 1. The second-order valence-corrected chi connectivity index (χ2v) is 5.57. The normalized spacial score (nSPS) is 16.3. The Hall–Kier alpha value is -2.30. The van der Waals surface area contributed by atoms with Crippen LogP contribution in [-0.4, -0.2) is 28.7 Å². The summed E-state index contributed by atoms with van der Waals surface area (Å²) < 4.78 is 1.63. The Balaban J connectivity index is 1.87. The molecular formula is C16H18N2O3. The third-order valence-corrected chi connectivity index (χ3v) is 4.32. The highest BCUT2D eigenvalue weighted by Gasteiger charge is 2.24. The predicted octanol–water partition coefficient (Wildman–Crippen LogP) is 1.84. The Bertz CT molecular complexity index is 743. The van der Waals surface area contributed by atoms with E-state index in [2.05, 4.69) is 11.0 Å². The molecule has 1 aliphatic rings. The van der Waals surface area contributed by atoms with E-state index in [0.29, 0.717) is 12.8 Å². The number of hydrogen-bond donors (Lipinski definition) is 1. The molecule has 0 amide bonds. The van der Waals surface area contributed by atoms with Gasteiger partial charge in [-0.2, -0.15) is 0 Å². The van der Waals surface area contributed by atoms with Gasteiger partial charge in [-0.05, 0) is 37.1 Å². The Morgan fingerprint density at radius 1 is 1.19 bits per heavy atom. The number of hydrogen-bond acceptors (Lipinski definition) is 3. The van der Waals surface area contributed by atoms with Crippen molar-refractivity contribution in [3.8, 4) is 0 Å². The van der Waals surface area contributed by atoms with Crippen LogP contribution in [0.1, 0.15) is 12.8 Å². The smallest absolute Gasteiger partial charge is 0.306 e. The zero-order valence-corrected chi connectivity index (χ0v) is 12.0. The Labute approximate surface area is 122 Å². The van der Waals surface area contributed by atoms with E-state index in [0.717, 1.165) is 29.7 Å². The monoisotopic (exact) mass is 286 g/mol. The molecule has 0 unspecified atom stereocenters. The molecule has 1 fully saturated rings. The number of nitrogens with zero attached hydrogens (tertiary/aromatic N) is 2. The second-order valence-electron chi connectivity index (χ2n) is 5.57. The van der Waals surface area contributed by atoms with Crippen LogP contribution in [0.5, 0.6) is 0 Å². The van der Waals surface area contributed by atoms with E-state index in [1.165, 1.54) is 0 Å². The second kappa shape index (κ2) is 5.24. The average molecular weight is 286 g/mol. The minimum Gasteiger partial charge on any atom is -0.481 e. The molecule has 0 radical (unpaired) electrons. The number of aryl methyl sites for hydroxylation is 1. The van der Waals surface area contributed by atoms with Crippen LogP contribution in [0.2, 0.25) is 0 Å². The van der Waals surface area contributed by atoms with Crippen molar-refractivity contribution in [1.82, 2.24) is 4.57 Å². The van der Waals surface area contributed by atoms with Gasteiger partial charge in [0.1, 0.15) is 0 Å². The molecule has 5 nitrogen and oxygen atoms in total. The maximum atomic E-state index is 11.6. The van der Waals surface area contributed by atoms with Crippen LogP contribution < -0.4 is 10.5 Å². The van der Waals surface area contributed by atoms with Gasteiger partial charge in [0.15, 0.2) is 0 Å². The van der Waals surface area contributed by atoms with Gasteiger partial charge in [-0.25, -0.2) is 0 Å². The lowest BCUT2D eigenvalue weighted by molar-refractivity contribution is -0.142. The van der Waals surface area contributed by atoms with Crippen molar-refractivity contribution in [2.75, 3.05) is 18.0 Å². The highest BCUT2D eigenvalue weighted by atomic mass is 16.4. The fraction of sp³-hybridized carbons (Fsp3) is 0.375. The third-order valence-electron chi connectivity index (χ3n) is 4.32. The Morgan fingerprint density at radius 3 is 2.57 bits per heavy atom. The van der Waals surface area contributed by atoms with Crippen molar-refractivity contribution < 1.29 is 9.90 Å². The van der Waals surface area contributed by atoms with Gasteiger partial charge in [-0.3, -0.25) is 9.59 Å². The van der Waals surface area contributed by atoms with Crippen LogP contribution in [0, 0.1) is 5.92 Å². The summed E-state index contributed by atoms with van der Waals surface area (Å²) in [5, 5.41) is 10.1. The lowest BCUT2D eigenvalue weighted by Crippen LogP contribution is -2.36. The van der Waals surface area contributed by atoms with Crippen molar-refractivity contribution in [2.24, 2.45) is 13.0 Å². The SMILES string of the molecule is Cn1c(=O)ccc2cc(N3CCC(C(=O)O)CC3)ccc21. The fourth-order valence-corrected chi connectivity index (χ4v) is 2.95. The lowest BCUT2D eigenvalue weighted by atomic mass is 9.96. The summed E-state index contributed by atoms with van der Waals surface area (Å²) in [5.41, 5.74) is 1.98. The number of aromatic nitrogens is 1. The lowest BCUT2D eigenvalue weighted by Gasteiger charge is -2.32. The summed E-state index contributed by atoms with van der Waals surface area (Å²) in [6.07, 6.45) is 1.36. The molecule has 1 aromatic heterocycles. The van der Waals surface area contributed by atoms with Crippen LogP contribution in [0.3, 0.4) is 0 Å². The van der Waals surface area contributed by atoms with E-state index in [1.54, 1.807) is 17.7 Å². The van der Waals surface area contributed by atoms with Crippen LogP contribution >= 0.6 is 0 Å². The Morgan fingerprint density at radius 2 is 1.90 bits per heavy atom. The number of carbonyl (C=O) groups is 1. The van der Waals surface area contributed by atoms with Gasteiger partial charge in [0.05, 0.1) is 11.4 Å². The summed E-state index contributed by atoms with van der Waals surface area (Å²) in [5.74, 6) is -0.911. The largest absolute Gasteiger partial charge is 0.481 e. The number of piperidine rings is 1. The molecular weight excluding hydrogens is 268 g/mol. The van der Waals surface area contributed by atoms with Gasteiger partial charge < -0.3 is 14.6 Å². The molecule has 0 spiro atoms. The third kappa shape index (κ3) is 2.51. The number of benzene rings is 1. The predicted molar refractivity (Wildman–Crippen MR) is 81.8 cm³/mol. The summed E-state index contributed by atoms with van der Waals surface area (Å²) in [4.78, 5) is 24.8. The minimum absolute atomic E-state index is 0.0162. The minimum atomic E-state index is -0.692. The quantitative estimate of drug-likeness (QED) is 0.915. The van der Waals surface area contributed by atoms with Crippen LogP contribution in [0.25, 0.3) is 10.9 Å². The fourth-order valence-electron chi connectivity index (χ4n) is 2.95. The number of carboxylic acids is 1. The topological polar surface area (TPSA) is 62.5 Å². The zero-order valence-electron chi connectivity index (χ0n) is 12.0. The molecule has 0 atom stereocenters. The first-order valence-corrected chi connectivity index (χ1v) is 7.14. The van der Waals surface area contributed by atoms with Gasteiger partial charge in [0.25, 0.3) is 5.56 Å². The van der Waals surface area contributed by atoms with Crippen molar-refractivity contribution in [1.29, 1.82) is 0 Å². The van der Waals surface area contributed by atoms with Crippen LogP contribution in [0.15, 0.2) is 35.1 Å². The van der Waals surface area contributed by atoms with Gasteiger partial charge >= 0.3 is 5.97 Å². The molecule has 2 aromatic rings. The molecule has 1 saturated heterocycles. The standard InChI is InChI=1S/C16H18N2O3/c1-17-14-4-3-13(10-12(14)2-5-15(17)19)18-8-6-11(7-9-18)16(20)21/h2-5,10-11H,6-9H2,1H3,(H,20,21). The molecule has 0 aliphatic carbocycles. The molecule has 1 N–H and O–H groups in total. The summed E-state index contributed by atoms with van der Waals surface area (Å²) in [7, 11) is 1.77. The molecule has 110 valence electrons. The molecule has 3 rings (SSSR count). The summed E-state index contributed by atoms with van der Waals surface area (Å²) >= 11 is 0. The molecule has 1 aromatic carbocycles. The molecule has 0 saturated carbocycles. The molecule has 5 heteroatoms. The van der Waals surface area contributed by atoms with E-state index in [4.69, 9.17) is 5.11 Å². The molecule has 2 heterocycles. The van der Waals surface area contributed by atoms with E-state index in [-0.39, 0.29) is 11.5 Å². The van der Waals surface area contributed by atoms with Crippen molar-refractivity contribution in [3.05, 3.63) is 40.7 Å². The molecule has 0 bridgehead atoms. The van der Waals surface area contributed by atoms with Gasteiger partial charge in [-0.1, -0.05) is 0 Å². The first-order valence-electron chi connectivity index (χ1n) is 7.14. The first kappa shape index (κ1) is 13.7. The summed E-state index contributed by atoms with van der Waals surface area (Å²) in [6.45, 7) is 1.52. The van der Waals surface area contributed by atoms with Gasteiger partial charge in [-0.15, -0.1) is 0 Å². The number of rotatable bonds is 2. The number of fused-ring (bicyclic) bond motifs is 1. The van der Waals surface area contributed by atoms with E-state index >= 15 is 0 Å². The maximum absolute atomic E-state index is 11.6. The van der Waals surface area contributed by atoms with E-state index < -0.39 is 5.97 Å². The van der Waals surface area contributed by atoms with E-state index in [1.807, 2.05) is 18.2 Å². The highest BCUT2D eigenvalue weighted by molar-refractivity contribution is 5.83. The van der Waals surface area contributed by atoms with Crippen molar-refractivity contribution in [3.63, 3.8) is 0 Å². The van der Waals surface area contributed by atoms with E-state index in [9.17, 15) is 9.59 Å². The average Bonchev–Trinajstić information content (AvgIpc) is 2.51. The van der Waals surface area contributed by atoms with Gasteiger partial charge in [0.2, 0.25) is 0 Å². The summed E-state index contributed by atoms with van der Waals surface area (Å²) in [6, 6.07) is 9.43. The van der Waals surface area contributed by atoms with Gasteiger partial charge in [0, 0.05) is 37.3 Å². The van der Waals surface area contributed by atoms with Crippen molar-refractivity contribution in [2.45, 2.75) is 12.8 Å². The number of aliphatic carboxylic acids is 1. The van der Waals surface area contributed by atoms with Crippen LogP contribution in [0.4, 0.5) is 5.69 Å².